The fraction of sp³-hybridized carbons (Fsp3) is 0.278. The molecule has 4 heteroatoms. The number of aliphatic hydroxyl groups excluding tert-OH is 1. The first-order valence-corrected chi connectivity index (χ1v) is 14.2. The van der Waals surface area contributed by atoms with Crippen molar-refractivity contribution in [2.24, 2.45) is 11.8 Å². The molecule has 0 aliphatic rings. The minimum absolute atomic E-state index is 0. The van der Waals surface area contributed by atoms with Gasteiger partial charge in [-0.2, -0.15) is 0 Å². The number of allylic oxidation sites excluding steroid dienone is 2. The van der Waals surface area contributed by atoms with Crippen LogP contribution in [-0.2, 0) is 20.1 Å². The molecule has 0 aliphatic carbocycles. The van der Waals surface area contributed by atoms with Crippen LogP contribution >= 0.6 is 0 Å². The van der Waals surface area contributed by atoms with Crippen LogP contribution in [0.25, 0.3) is 54.0 Å². The van der Waals surface area contributed by atoms with Gasteiger partial charge in [0.25, 0.3) is 0 Å². The third-order valence-electron chi connectivity index (χ3n) is 8.26. The molecule has 6 aromatic rings. The molecule has 0 fully saturated rings. The summed E-state index contributed by atoms with van der Waals surface area (Å²) < 4.78 is 0. The molecule has 0 atom stereocenters. The number of hydrogen-bond acceptors (Lipinski definition) is 2. The summed E-state index contributed by atoms with van der Waals surface area (Å²) in [6.07, 6.45) is 7.07. The summed E-state index contributed by atoms with van der Waals surface area (Å²) in [5, 5.41) is 21.2. The molecule has 0 unspecified atom stereocenters. The van der Waals surface area contributed by atoms with Crippen LogP contribution in [0.4, 0.5) is 0 Å². The molecule has 2 N–H and O–H groups in total. The summed E-state index contributed by atoms with van der Waals surface area (Å²) in [5.74, 6) is 1.01. The van der Waals surface area contributed by atoms with Gasteiger partial charge in [0.1, 0.15) is 5.76 Å². The number of fused-ring (bicyclic) bond motifs is 6. The summed E-state index contributed by atoms with van der Waals surface area (Å²) in [4.78, 5) is 14.5. The van der Waals surface area contributed by atoms with Crippen molar-refractivity contribution in [3.63, 3.8) is 0 Å². The van der Waals surface area contributed by atoms with Gasteiger partial charge in [0.15, 0.2) is 0 Å². The quantitative estimate of drug-likeness (QED) is 0.0449. The van der Waals surface area contributed by atoms with Crippen LogP contribution < -0.4 is 0 Å². The van der Waals surface area contributed by atoms with Gasteiger partial charge in [-0.15, -0.1) is 23.6 Å². The maximum absolute atomic E-state index is 9.80. The van der Waals surface area contributed by atoms with E-state index in [9.17, 15) is 9.90 Å². The largest absolute Gasteiger partial charge is 0.512 e. The Morgan fingerprint density at radius 2 is 1.30 bits per heavy atom. The average Bonchev–Trinajstić information content (AvgIpc) is 2.98. The number of ketones is 1. The molecule has 207 valence electrons. The van der Waals surface area contributed by atoms with E-state index in [0.717, 1.165) is 36.6 Å². The van der Waals surface area contributed by atoms with E-state index in [0.29, 0.717) is 11.5 Å². The molecular formula is C36H37IrNO2. The molecule has 3 nitrogen and oxygen atoms in total. The second kappa shape index (κ2) is 12.9. The normalized spacial score (nSPS) is 12.0. The van der Waals surface area contributed by atoms with Gasteiger partial charge in [0.2, 0.25) is 0 Å². The first-order chi connectivity index (χ1) is 19.0. The summed E-state index contributed by atoms with van der Waals surface area (Å²) in [6, 6.07) is 27.1. The molecule has 6 rings (SSSR count). The second-order valence-electron chi connectivity index (χ2n) is 10.3. The fourth-order valence-corrected chi connectivity index (χ4v) is 6.02. The van der Waals surface area contributed by atoms with E-state index in [1.807, 2.05) is 46.0 Å². The van der Waals surface area contributed by atoms with E-state index < -0.39 is 0 Å². The summed E-state index contributed by atoms with van der Waals surface area (Å²) in [7, 11) is 0. The predicted molar refractivity (Wildman–Crippen MR) is 168 cm³/mol. The van der Waals surface area contributed by atoms with Crippen molar-refractivity contribution in [1.82, 2.24) is 4.98 Å². The molecule has 0 saturated carbocycles. The number of hydrogen-bond donors (Lipinski definition) is 1. The molecule has 1 heterocycles. The van der Waals surface area contributed by atoms with E-state index >= 15 is 0 Å². The van der Waals surface area contributed by atoms with Gasteiger partial charge in [-0.25, -0.2) is 0 Å². The Kier molecular flexibility index (Phi) is 9.55. The molecule has 5 aromatic carbocycles. The van der Waals surface area contributed by atoms with E-state index in [1.54, 1.807) is 6.08 Å². The number of pyridine rings is 1. The Bertz CT molecular complexity index is 1590. The number of aromatic nitrogens is 1. The van der Waals surface area contributed by atoms with Crippen LogP contribution in [0.1, 0.15) is 53.4 Å². The van der Waals surface area contributed by atoms with Gasteiger partial charge in [-0.05, 0) is 69.6 Å². The first-order valence-electron chi connectivity index (χ1n) is 14.2. The van der Waals surface area contributed by atoms with Crippen LogP contribution in [-0.4, -0.2) is 20.7 Å². The maximum atomic E-state index is 9.80. The topological polar surface area (TPSA) is 54.5 Å². The number of carbonyl (C=O) groups excluding carboxylic acids is 1. The van der Waals surface area contributed by atoms with Gasteiger partial charge in [-0.1, -0.05) is 87.0 Å². The standard InChI is InChI=1S/C23H12N.C13H24O2.Ir/c1-2-7-15-14(6-1)16-8-3-10-18-19-12-5-13-24-23(19)20-11-4-9-17(15)22(20)21(16)18;1-5-10(6-2)12(14)9-13(15)11(7-3)8-4;/h1-10,12-13H;9-11,14H,5-8H2,1-4H3;/q-1;;/p+1/b;12-9-;. The van der Waals surface area contributed by atoms with Crippen LogP contribution in [0, 0.1) is 17.9 Å². The Hall–Kier alpha value is -3.33. The van der Waals surface area contributed by atoms with Crippen molar-refractivity contribution in [2.45, 2.75) is 53.4 Å². The van der Waals surface area contributed by atoms with Crippen molar-refractivity contribution >= 4 is 59.8 Å². The van der Waals surface area contributed by atoms with Crippen molar-refractivity contribution in [3.05, 3.63) is 90.8 Å². The van der Waals surface area contributed by atoms with E-state index in [2.05, 4.69) is 65.6 Å². The smallest absolute Gasteiger partial charge is 0.322 e. The molecule has 0 amide bonds. The SMILES string of the molecule is CCC(CC)C(=[OH+])/C=C(\O)C(CC)CC.[Ir].[c-]1ccc2c3ccccc3c3cccc4c5cccnc5c1c2c34. The number of benzene rings is 5. The van der Waals surface area contributed by atoms with E-state index in [-0.39, 0.29) is 31.9 Å². The maximum Gasteiger partial charge on any atom is 0.322 e. The zero-order valence-corrected chi connectivity index (χ0v) is 26.1. The first kappa shape index (κ1) is 29.6. The zero-order valence-electron chi connectivity index (χ0n) is 23.7. The minimum atomic E-state index is 0. The third-order valence-corrected chi connectivity index (χ3v) is 8.26. The van der Waals surface area contributed by atoms with Crippen LogP contribution in [0.5, 0.6) is 0 Å². The number of rotatable bonds is 7. The van der Waals surface area contributed by atoms with Crippen molar-refractivity contribution in [1.29, 1.82) is 0 Å². The summed E-state index contributed by atoms with van der Waals surface area (Å²) in [5.41, 5.74) is 1.04. The molecule has 0 spiro atoms. The Balaban J connectivity index is 0.000000204. The Labute approximate surface area is 250 Å². The number of nitrogens with zero attached hydrogens (tertiary/aromatic N) is 1. The monoisotopic (exact) mass is 708 g/mol. The van der Waals surface area contributed by atoms with Gasteiger partial charge in [0, 0.05) is 32.2 Å². The zero-order chi connectivity index (χ0) is 27.5. The van der Waals surface area contributed by atoms with Gasteiger partial charge in [-0.3, -0.25) is 4.79 Å². The van der Waals surface area contributed by atoms with Gasteiger partial charge in [0.05, 0.1) is 12.0 Å². The minimum Gasteiger partial charge on any atom is -0.512 e. The van der Waals surface area contributed by atoms with Crippen LogP contribution in [0.2, 0.25) is 0 Å². The predicted octanol–water partition coefficient (Wildman–Crippen LogP) is 9.93. The van der Waals surface area contributed by atoms with Crippen LogP contribution in [0.3, 0.4) is 0 Å². The Morgan fingerprint density at radius 1 is 0.750 bits per heavy atom. The molecule has 0 saturated heterocycles. The number of aliphatic hydroxyl groups is 1. The van der Waals surface area contributed by atoms with Crippen molar-refractivity contribution in [2.75, 3.05) is 0 Å². The Morgan fingerprint density at radius 3 is 1.93 bits per heavy atom. The summed E-state index contributed by atoms with van der Waals surface area (Å²) in [6.45, 7) is 8.19. The molecule has 40 heavy (non-hydrogen) atoms. The van der Waals surface area contributed by atoms with Gasteiger partial charge < -0.3 is 10.1 Å². The van der Waals surface area contributed by atoms with E-state index in [4.69, 9.17) is 0 Å². The van der Waals surface area contributed by atoms with Crippen molar-refractivity contribution < 1.29 is 30.0 Å². The molecular weight excluding hydrogens is 671 g/mol. The summed E-state index contributed by atoms with van der Waals surface area (Å²) >= 11 is 0. The van der Waals surface area contributed by atoms with Crippen molar-refractivity contribution in [3.8, 4) is 0 Å². The van der Waals surface area contributed by atoms with E-state index in [1.165, 1.54) is 43.1 Å². The molecule has 0 bridgehead atoms. The fourth-order valence-electron chi connectivity index (χ4n) is 6.02. The second-order valence-corrected chi connectivity index (χ2v) is 10.3. The third kappa shape index (κ3) is 5.23. The molecule has 1 aromatic heterocycles. The molecule has 0 aliphatic heterocycles. The average molecular weight is 708 g/mol. The van der Waals surface area contributed by atoms with Gasteiger partial charge >= 0.3 is 5.78 Å². The van der Waals surface area contributed by atoms with Crippen LogP contribution in [0.15, 0.2) is 84.8 Å². The molecule has 1 radical (unpaired) electrons.